The van der Waals surface area contributed by atoms with Gasteiger partial charge in [0.15, 0.2) is 0 Å². The summed E-state index contributed by atoms with van der Waals surface area (Å²) in [6, 6.07) is 4.35. The van der Waals surface area contributed by atoms with Crippen LogP contribution in [-0.4, -0.2) is 11.7 Å². The van der Waals surface area contributed by atoms with Gasteiger partial charge in [-0.15, -0.1) is 0 Å². The normalized spacial score (nSPS) is 11.1. The number of hydrogen-bond acceptors (Lipinski definition) is 2. The fourth-order valence-electron chi connectivity index (χ4n) is 1.05. The molecule has 0 aliphatic carbocycles. The number of rotatable bonds is 3. The van der Waals surface area contributed by atoms with Gasteiger partial charge in [0.2, 0.25) is 11.7 Å². The van der Waals surface area contributed by atoms with E-state index in [0.717, 1.165) is 31.2 Å². The maximum absolute atomic E-state index is 13.1. The molecule has 0 aromatic heterocycles. The lowest BCUT2D eigenvalue weighted by Gasteiger charge is -2.12. The summed E-state index contributed by atoms with van der Waals surface area (Å²) in [5.41, 5.74) is 4.62. The fourth-order valence-corrected chi connectivity index (χ4v) is 1.05. The molecule has 0 atom stereocenters. The number of hydrogen-bond donors (Lipinski definition) is 1. The summed E-state index contributed by atoms with van der Waals surface area (Å²) >= 11 is 0. The Morgan fingerprint density at radius 1 is 1.20 bits per heavy atom. The van der Waals surface area contributed by atoms with Gasteiger partial charge in [-0.3, -0.25) is 9.59 Å². The molecule has 15 heavy (non-hydrogen) atoms. The molecular formula is C10H9F2NO2. The summed E-state index contributed by atoms with van der Waals surface area (Å²) in [6.07, 6.45) is 0. The Labute approximate surface area is 84.9 Å². The Morgan fingerprint density at radius 2 is 1.67 bits per heavy atom. The van der Waals surface area contributed by atoms with Crippen LogP contribution in [0, 0.1) is 0 Å². The first kappa shape index (κ1) is 11.3. The number of nitrogens with two attached hydrogens (primary N) is 1. The van der Waals surface area contributed by atoms with Crippen molar-refractivity contribution in [1.82, 2.24) is 0 Å². The molecule has 1 rings (SSSR count). The number of ketones is 1. The predicted molar refractivity (Wildman–Crippen MR) is 49.5 cm³/mol. The molecule has 0 spiro atoms. The SMILES string of the molecule is CC(=O)C(F)(F)c1ccc(C(N)=O)cc1. The minimum absolute atomic E-state index is 0.123. The number of Topliss-reactive ketones (excluding diaryl/α,β-unsaturated/α-hetero) is 1. The lowest BCUT2D eigenvalue weighted by atomic mass is 10.0. The third kappa shape index (κ3) is 2.18. The van der Waals surface area contributed by atoms with Crippen molar-refractivity contribution in [2.24, 2.45) is 5.73 Å². The summed E-state index contributed by atoms with van der Waals surface area (Å²) in [6.45, 7) is 0.808. The van der Waals surface area contributed by atoms with E-state index < -0.39 is 23.2 Å². The van der Waals surface area contributed by atoms with Gasteiger partial charge in [-0.2, -0.15) is 8.78 Å². The van der Waals surface area contributed by atoms with Gasteiger partial charge in [-0.05, 0) is 12.1 Å². The first-order valence-corrected chi connectivity index (χ1v) is 4.15. The lowest BCUT2D eigenvalue weighted by molar-refractivity contribution is -0.141. The van der Waals surface area contributed by atoms with Gasteiger partial charge in [-0.1, -0.05) is 12.1 Å². The zero-order valence-electron chi connectivity index (χ0n) is 7.96. The minimum atomic E-state index is -3.52. The molecule has 0 saturated carbocycles. The molecular weight excluding hydrogens is 204 g/mol. The van der Waals surface area contributed by atoms with Gasteiger partial charge >= 0.3 is 5.92 Å². The Bertz CT molecular complexity index is 398. The highest BCUT2D eigenvalue weighted by molar-refractivity contribution is 5.93. The molecule has 0 aliphatic heterocycles. The van der Waals surface area contributed by atoms with Crippen molar-refractivity contribution in [3.63, 3.8) is 0 Å². The van der Waals surface area contributed by atoms with Gasteiger partial charge in [-0.25, -0.2) is 0 Å². The molecule has 2 N–H and O–H groups in total. The van der Waals surface area contributed by atoms with Crippen LogP contribution in [0.15, 0.2) is 24.3 Å². The molecule has 0 heterocycles. The Balaban J connectivity index is 3.09. The largest absolute Gasteiger partial charge is 0.366 e. The quantitative estimate of drug-likeness (QED) is 0.826. The molecule has 3 nitrogen and oxygen atoms in total. The maximum atomic E-state index is 13.1. The smallest absolute Gasteiger partial charge is 0.330 e. The van der Waals surface area contributed by atoms with Crippen LogP contribution in [0.4, 0.5) is 8.78 Å². The highest BCUT2D eigenvalue weighted by Gasteiger charge is 2.37. The van der Waals surface area contributed by atoms with E-state index in [-0.39, 0.29) is 5.56 Å². The van der Waals surface area contributed by atoms with Crippen molar-refractivity contribution >= 4 is 11.7 Å². The zero-order chi connectivity index (χ0) is 11.6. The molecule has 0 fully saturated rings. The van der Waals surface area contributed by atoms with Crippen LogP contribution in [0.3, 0.4) is 0 Å². The summed E-state index contributed by atoms with van der Waals surface area (Å²) in [4.78, 5) is 21.3. The van der Waals surface area contributed by atoms with E-state index in [1.807, 2.05) is 0 Å². The molecule has 1 aromatic rings. The molecule has 1 amide bonds. The number of amides is 1. The average molecular weight is 213 g/mol. The molecule has 0 aliphatic rings. The number of carbonyl (C=O) groups is 2. The molecule has 0 radical (unpaired) electrons. The Hall–Kier alpha value is -1.78. The van der Waals surface area contributed by atoms with Crippen LogP contribution < -0.4 is 5.73 Å². The zero-order valence-corrected chi connectivity index (χ0v) is 7.96. The Morgan fingerprint density at radius 3 is 2.00 bits per heavy atom. The second kappa shape index (κ2) is 3.76. The van der Waals surface area contributed by atoms with E-state index in [1.165, 1.54) is 0 Å². The van der Waals surface area contributed by atoms with Crippen LogP contribution in [0.25, 0.3) is 0 Å². The third-order valence-electron chi connectivity index (χ3n) is 1.97. The van der Waals surface area contributed by atoms with E-state index in [1.54, 1.807) is 0 Å². The summed E-state index contributed by atoms with van der Waals surface area (Å²) in [5, 5.41) is 0. The topological polar surface area (TPSA) is 60.2 Å². The lowest BCUT2D eigenvalue weighted by Crippen LogP contribution is -2.23. The first-order valence-electron chi connectivity index (χ1n) is 4.15. The molecule has 0 bridgehead atoms. The standard InChI is InChI=1S/C10H9F2NO2/c1-6(14)10(11,12)8-4-2-7(3-5-8)9(13)15/h2-5H,1H3,(H2,13,15). The number of benzene rings is 1. The molecule has 0 saturated heterocycles. The van der Waals surface area contributed by atoms with Crippen LogP contribution in [0.5, 0.6) is 0 Å². The highest BCUT2D eigenvalue weighted by Crippen LogP contribution is 2.28. The van der Waals surface area contributed by atoms with Crippen LogP contribution >= 0.6 is 0 Å². The van der Waals surface area contributed by atoms with Crippen LogP contribution in [-0.2, 0) is 10.7 Å². The second-order valence-corrected chi connectivity index (χ2v) is 3.07. The summed E-state index contributed by atoms with van der Waals surface area (Å²) in [5.74, 6) is -5.46. The van der Waals surface area contributed by atoms with Gasteiger partial charge in [0.05, 0.1) is 0 Å². The van der Waals surface area contributed by atoms with Gasteiger partial charge in [0.25, 0.3) is 0 Å². The fraction of sp³-hybridized carbons (Fsp3) is 0.200. The first-order chi connectivity index (χ1) is 6.85. The van der Waals surface area contributed by atoms with Gasteiger partial charge < -0.3 is 5.73 Å². The van der Waals surface area contributed by atoms with Gasteiger partial charge in [0.1, 0.15) is 0 Å². The average Bonchev–Trinajstić information content (AvgIpc) is 2.17. The molecule has 1 aromatic carbocycles. The van der Waals surface area contributed by atoms with E-state index in [2.05, 4.69) is 0 Å². The highest BCUT2D eigenvalue weighted by atomic mass is 19.3. The van der Waals surface area contributed by atoms with E-state index in [0.29, 0.717) is 0 Å². The van der Waals surface area contributed by atoms with Crippen LogP contribution in [0.2, 0.25) is 0 Å². The third-order valence-corrected chi connectivity index (χ3v) is 1.97. The van der Waals surface area contributed by atoms with Crippen molar-refractivity contribution in [3.05, 3.63) is 35.4 Å². The van der Waals surface area contributed by atoms with Crippen molar-refractivity contribution in [2.75, 3.05) is 0 Å². The van der Waals surface area contributed by atoms with E-state index >= 15 is 0 Å². The predicted octanol–water partition coefficient (Wildman–Crippen LogP) is 1.47. The van der Waals surface area contributed by atoms with E-state index in [4.69, 9.17) is 5.73 Å². The maximum Gasteiger partial charge on any atom is 0.330 e. The van der Waals surface area contributed by atoms with Crippen molar-refractivity contribution in [3.8, 4) is 0 Å². The second-order valence-electron chi connectivity index (χ2n) is 3.07. The molecule has 80 valence electrons. The Kier molecular flexibility index (Phi) is 2.83. The summed E-state index contributed by atoms with van der Waals surface area (Å²) in [7, 11) is 0. The van der Waals surface area contributed by atoms with Gasteiger partial charge in [0, 0.05) is 18.1 Å². The van der Waals surface area contributed by atoms with Crippen LogP contribution in [0.1, 0.15) is 22.8 Å². The number of halogens is 2. The van der Waals surface area contributed by atoms with Crippen molar-refractivity contribution < 1.29 is 18.4 Å². The number of carbonyl (C=O) groups excluding carboxylic acids is 2. The monoisotopic (exact) mass is 213 g/mol. The van der Waals surface area contributed by atoms with Crippen molar-refractivity contribution in [2.45, 2.75) is 12.8 Å². The minimum Gasteiger partial charge on any atom is -0.366 e. The number of alkyl halides is 2. The molecule has 0 unspecified atom stereocenters. The van der Waals surface area contributed by atoms with Crippen molar-refractivity contribution in [1.29, 1.82) is 0 Å². The molecule has 5 heteroatoms. The number of primary amides is 1. The summed E-state index contributed by atoms with van der Waals surface area (Å²) < 4.78 is 26.3. The van der Waals surface area contributed by atoms with E-state index in [9.17, 15) is 18.4 Å².